The van der Waals surface area contributed by atoms with Gasteiger partial charge in [-0.2, -0.15) is 0 Å². The molecule has 0 aliphatic heterocycles. The van der Waals surface area contributed by atoms with E-state index >= 15 is 0 Å². The molecule has 0 amide bonds. The highest BCUT2D eigenvalue weighted by Crippen LogP contribution is 2.31. The predicted molar refractivity (Wildman–Crippen MR) is 113 cm³/mol. The van der Waals surface area contributed by atoms with Gasteiger partial charge in [-0.1, -0.05) is 52.0 Å². The Kier molecular flexibility index (Phi) is 6.28. The number of anilines is 1. The summed E-state index contributed by atoms with van der Waals surface area (Å²) in [6.07, 6.45) is 0. The van der Waals surface area contributed by atoms with Crippen molar-refractivity contribution >= 4 is 25.7 Å². The van der Waals surface area contributed by atoms with Gasteiger partial charge in [0.25, 0.3) is 10.0 Å². The highest BCUT2D eigenvalue weighted by Gasteiger charge is 2.26. The fourth-order valence-electron chi connectivity index (χ4n) is 3.06. The lowest BCUT2D eigenvalue weighted by molar-refractivity contribution is 0.583. The van der Waals surface area contributed by atoms with Crippen LogP contribution in [0.15, 0.2) is 46.2 Å². The molecular weight excluding hydrogens is 396 g/mol. The molecule has 0 heterocycles. The van der Waals surface area contributed by atoms with E-state index in [4.69, 9.17) is 0 Å². The lowest BCUT2D eigenvalue weighted by atomic mass is 9.85. The van der Waals surface area contributed by atoms with Gasteiger partial charge >= 0.3 is 0 Å². The maximum absolute atomic E-state index is 13.1. The third-order valence-electron chi connectivity index (χ3n) is 4.35. The van der Waals surface area contributed by atoms with Gasteiger partial charge in [0.15, 0.2) is 0 Å². The highest BCUT2D eigenvalue weighted by atomic mass is 32.2. The van der Waals surface area contributed by atoms with Gasteiger partial charge in [-0.15, -0.1) is 0 Å². The van der Waals surface area contributed by atoms with E-state index in [1.54, 1.807) is 32.9 Å². The second-order valence-corrected chi connectivity index (χ2v) is 11.1. The van der Waals surface area contributed by atoms with Crippen LogP contribution in [-0.2, 0) is 25.5 Å². The van der Waals surface area contributed by atoms with E-state index in [2.05, 4.69) is 30.2 Å². The molecule has 0 aromatic heterocycles. The molecule has 0 aliphatic rings. The van der Waals surface area contributed by atoms with E-state index in [1.165, 1.54) is 12.1 Å². The zero-order valence-corrected chi connectivity index (χ0v) is 18.8. The summed E-state index contributed by atoms with van der Waals surface area (Å²) in [5.74, 6) is 0. The second kappa shape index (κ2) is 7.85. The Balaban J connectivity index is 2.55. The second-order valence-electron chi connectivity index (χ2n) is 7.79. The molecule has 28 heavy (non-hydrogen) atoms. The van der Waals surface area contributed by atoms with Crippen molar-refractivity contribution in [1.29, 1.82) is 0 Å². The summed E-state index contributed by atoms with van der Waals surface area (Å²) in [4.78, 5) is 0.0539. The largest absolute Gasteiger partial charge is 0.278 e. The molecule has 0 saturated heterocycles. The first-order valence-corrected chi connectivity index (χ1v) is 12.0. The normalized spacial score (nSPS) is 12.8. The van der Waals surface area contributed by atoms with Crippen LogP contribution in [0.3, 0.4) is 0 Å². The van der Waals surface area contributed by atoms with Crippen LogP contribution in [-0.4, -0.2) is 23.4 Å². The van der Waals surface area contributed by atoms with Crippen molar-refractivity contribution in [1.82, 2.24) is 4.72 Å². The van der Waals surface area contributed by atoms with E-state index in [1.807, 2.05) is 12.1 Å². The zero-order chi connectivity index (χ0) is 21.3. The van der Waals surface area contributed by atoms with Crippen LogP contribution in [0.2, 0.25) is 0 Å². The maximum Gasteiger partial charge on any atom is 0.262 e. The fourth-order valence-corrected chi connectivity index (χ4v) is 5.86. The van der Waals surface area contributed by atoms with Crippen LogP contribution < -0.4 is 9.44 Å². The minimum absolute atomic E-state index is 0.0159. The van der Waals surface area contributed by atoms with Crippen molar-refractivity contribution in [3.8, 4) is 0 Å². The summed E-state index contributed by atoms with van der Waals surface area (Å²) in [7, 11) is -7.80. The predicted octanol–water partition coefficient (Wildman–Crippen LogP) is 3.70. The molecule has 2 rings (SSSR count). The van der Waals surface area contributed by atoms with E-state index in [0.717, 1.165) is 5.56 Å². The third-order valence-corrected chi connectivity index (χ3v) is 7.62. The number of rotatable bonds is 6. The highest BCUT2D eigenvalue weighted by molar-refractivity contribution is 7.93. The Morgan fingerprint density at radius 2 is 1.43 bits per heavy atom. The summed E-state index contributed by atoms with van der Waals surface area (Å²) in [5.41, 5.74) is 2.17. The quantitative estimate of drug-likeness (QED) is 0.739. The van der Waals surface area contributed by atoms with E-state index in [0.29, 0.717) is 11.1 Å². The molecule has 154 valence electrons. The molecule has 2 aromatic carbocycles. The summed E-state index contributed by atoms with van der Waals surface area (Å²) in [6, 6.07) is 9.68. The third kappa shape index (κ3) is 4.74. The SMILES string of the molecule is CCNS(=O)(=O)c1ccccc1NS(=O)(=O)c1c(C)cc(C(C)(C)C)cc1C. The smallest absolute Gasteiger partial charge is 0.262 e. The lowest BCUT2D eigenvalue weighted by Gasteiger charge is -2.22. The van der Waals surface area contributed by atoms with Crippen molar-refractivity contribution < 1.29 is 16.8 Å². The van der Waals surface area contributed by atoms with Gasteiger partial charge in [0, 0.05) is 6.54 Å². The molecule has 0 aliphatic carbocycles. The van der Waals surface area contributed by atoms with Gasteiger partial charge in [-0.25, -0.2) is 21.6 Å². The minimum Gasteiger partial charge on any atom is -0.278 e. The Morgan fingerprint density at radius 1 is 0.893 bits per heavy atom. The zero-order valence-electron chi connectivity index (χ0n) is 17.1. The molecule has 0 unspecified atom stereocenters. The first kappa shape index (κ1) is 22.4. The van der Waals surface area contributed by atoms with Gasteiger partial charge in [0.2, 0.25) is 10.0 Å². The van der Waals surface area contributed by atoms with E-state index in [-0.39, 0.29) is 27.4 Å². The van der Waals surface area contributed by atoms with Crippen LogP contribution in [0.1, 0.15) is 44.4 Å². The van der Waals surface area contributed by atoms with Gasteiger partial charge in [0.05, 0.1) is 10.6 Å². The van der Waals surface area contributed by atoms with Crippen molar-refractivity contribution in [3.05, 3.63) is 53.1 Å². The Hall–Kier alpha value is -1.90. The Morgan fingerprint density at radius 3 is 1.93 bits per heavy atom. The van der Waals surface area contributed by atoms with Crippen LogP contribution in [0.25, 0.3) is 0 Å². The van der Waals surface area contributed by atoms with E-state index in [9.17, 15) is 16.8 Å². The average molecular weight is 425 g/mol. The monoisotopic (exact) mass is 424 g/mol. The number of aryl methyl sites for hydroxylation is 2. The van der Waals surface area contributed by atoms with Gasteiger partial charge in [0.1, 0.15) is 4.90 Å². The average Bonchev–Trinajstić information content (AvgIpc) is 2.52. The first-order chi connectivity index (χ1) is 12.8. The molecule has 8 heteroatoms. The summed E-state index contributed by atoms with van der Waals surface area (Å²) >= 11 is 0. The molecule has 0 atom stereocenters. The lowest BCUT2D eigenvalue weighted by Crippen LogP contribution is -2.25. The van der Waals surface area contributed by atoms with Crippen LogP contribution >= 0.6 is 0 Å². The molecule has 0 saturated carbocycles. The van der Waals surface area contributed by atoms with Crippen molar-refractivity contribution in [2.45, 2.75) is 56.7 Å². The van der Waals surface area contributed by atoms with Crippen LogP contribution in [0, 0.1) is 13.8 Å². The molecule has 0 radical (unpaired) electrons. The molecule has 2 aromatic rings. The van der Waals surface area contributed by atoms with Crippen molar-refractivity contribution in [2.24, 2.45) is 0 Å². The van der Waals surface area contributed by atoms with Gasteiger partial charge in [-0.3, -0.25) is 4.72 Å². The number of hydrogen-bond donors (Lipinski definition) is 2. The van der Waals surface area contributed by atoms with Gasteiger partial charge in [-0.05, 0) is 48.1 Å². The van der Waals surface area contributed by atoms with Crippen molar-refractivity contribution in [2.75, 3.05) is 11.3 Å². The first-order valence-electron chi connectivity index (χ1n) is 9.03. The fraction of sp³-hybridized carbons (Fsp3) is 0.400. The number of benzene rings is 2. The number of nitrogens with one attached hydrogen (secondary N) is 2. The van der Waals surface area contributed by atoms with Crippen molar-refractivity contribution in [3.63, 3.8) is 0 Å². The molecule has 6 nitrogen and oxygen atoms in total. The number of hydrogen-bond acceptors (Lipinski definition) is 4. The molecule has 2 N–H and O–H groups in total. The summed E-state index contributed by atoms with van der Waals surface area (Å²) < 4.78 is 55.9. The summed E-state index contributed by atoms with van der Waals surface area (Å²) in [5, 5.41) is 0. The molecule has 0 spiro atoms. The van der Waals surface area contributed by atoms with Gasteiger partial charge < -0.3 is 0 Å². The molecule has 0 bridgehead atoms. The minimum atomic E-state index is -3.98. The molecular formula is C20H28N2O4S2. The Bertz CT molecular complexity index is 1060. The standard InChI is InChI=1S/C20H28N2O4S2/c1-7-21-27(23,24)18-11-9-8-10-17(18)22-28(25,26)19-14(2)12-16(13-15(19)3)20(4,5)6/h8-13,21-22H,7H2,1-6H3. The topological polar surface area (TPSA) is 92.3 Å². The maximum atomic E-state index is 13.1. The van der Waals surface area contributed by atoms with Crippen LogP contribution in [0.5, 0.6) is 0 Å². The Labute approximate surface area is 168 Å². The van der Waals surface area contributed by atoms with E-state index < -0.39 is 20.0 Å². The van der Waals surface area contributed by atoms with Crippen LogP contribution in [0.4, 0.5) is 5.69 Å². The molecule has 0 fully saturated rings. The number of sulfonamides is 2. The summed E-state index contributed by atoms with van der Waals surface area (Å²) in [6.45, 7) is 11.6. The number of para-hydroxylation sites is 1.